The molecule has 0 saturated heterocycles. The zero-order valence-corrected chi connectivity index (χ0v) is 16.5. The molecule has 7 nitrogen and oxygen atoms in total. The Hall–Kier alpha value is -2.22. The minimum atomic E-state index is -0.293. The van der Waals surface area contributed by atoms with Crippen molar-refractivity contribution in [1.82, 2.24) is 14.9 Å². The Kier molecular flexibility index (Phi) is 7.32. The lowest BCUT2D eigenvalue weighted by Crippen LogP contribution is -2.33. The predicted octanol–water partition coefficient (Wildman–Crippen LogP) is 3.20. The van der Waals surface area contributed by atoms with Crippen LogP contribution < -0.4 is 4.74 Å². The van der Waals surface area contributed by atoms with E-state index < -0.39 is 0 Å². The van der Waals surface area contributed by atoms with Gasteiger partial charge in [-0.3, -0.25) is 9.59 Å². The maximum Gasteiger partial charge on any atom is 0.307 e. The number of carbonyl (C=O) groups is 2. The fourth-order valence-electron chi connectivity index (χ4n) is 2.68. The van der Waals surface area contributed by atoms with Crippen molar-refractivity contribution in [2.45, 2.75) is 40.5 Å². The van der Waals surface area contributed by atoms with Crippen LogP contribution in [0.4, 0.5) is 0 Å². The van der Waals surface area contributed by atoms with E-state index in [0.717, 1.165) is 22.2 Å². The van der Waals surface area contributed by atoms with Gasteiger partial charge in [0.25, 0.3) is 5.91 Å². The van der Waals surface area contributed by atoms with E-state index in [1.54, 1.807) is 11.8 Å². The van der Waals surface area contributed by atoms with Crippen LogP contribution >= 0.6 is 11.3 Å². The van der Waals surface area contributed by atoms with Crippen molar-refractivity contribution in [3.05, 3.63) is 16.8 Å². The largest absolute Gasteiger partial charge is 0.477 e. The number of hydrogen-bond acceptors (Lipinski definition) is 7. The molecule has 2 heterocycles. The Bertz CT molecular complexity index is 775. The molecule has 0 saturated carbocycles. The molecule has 26 heavy (non-hydrogen) atoms. The van der Waals surface area contributed by atoms with Crippen LogP contribution in [0, 0.1) is 6.92 Å². The highest BCUT2D eigenvalue weighted by molar-refractivity contribution is 7.20. The van der Waals surface area contributed by atoms with Crippen LogP contribution in [0.3, 0.4) is 0 Å². The first-order valence-corrected chi connectivity index (χ1v) is 9.66. The molecule has 0 aliphatic carbocycles. The predicted molar refractivity (Wildman–Crippen MR) is 101 cm³/mol. The second kappa shape index (κ2) is 9.47. The fourth-order valence-corrected chi connectivity index (χ4v) is 3.78. The quantitative estimate of drug-likeness (QED) is 0.622. The summed E-state index contributed by atoms with van der Waals surface area (Å²) in [6, 6.07) is 0. The van der Waals surface area contributed by atoms with Gasteiger partial charge >= 0.3 is 5.97 Å². The minimum absolute atomic E-state index is 0.0981. The Morgan fingerprint density at radius 1 is 1.15 bits per heavy atom. The lowest BCUT2D eigenvalue weighted by Gasteiger charge is -2.21. The fraction of sp³-hybridized carbons (Fsp3) is 0.556. The van der Waals surface area contributed by atoms with Crippen LogP contribution in [-0.4, -0.2) is 53.0 Å². The molecule has 8 heteroatoms. The standard InChI is InChI=1S/C18H25N3O4S/c1-5-9-21(10-8-13(22)24-6-2)18(23)15-12(4)14-16(25-7-3)19-11-20-17(14)26-15/h11H,5-10H2,1-4H3. The van der Waals surface area contributed by atoms with Crippen LogP contribution in [0.1, 0.15) is 48.8 Å². The first-order valence-electron chi connectivity index (χ1n) is 8.85. The average molecular weight is 379 g/mol. The number of amides is 1. The van der Waals surface area contributed by atoms with E-state index in [1.165, 1.54) is 17.7 Å². The Balaban J connectivity index is 2.29. The number of hydrogen-bond donors (Lipinski definition) is 0. The summed E-state index contributed by atoms with van der Waals surface area (Å²) in [5.41, 5.74) is 0.816. The summed E-state index contributed by atoms with van der Waals surface area (Å²) in [5, 5.41) is 0.782. The maximum absolute atomic E-state index is 13.1. The van der Waals surface area contributed by atoms with E-state index in [0.29, 0.717) is 37.1 Å². The molecule has 0 radical (unpaired) electrons. The van der Waals surface area contributed by atoms with Gasteiger partial charge in [-0.2, -0.15) is 0 Å². The second-order valence-electron chi connectivity index (χ2n) is 5.70. The van der Waals surface area contributed by atoms with Crippen LogP contribution in [0.15, 0.2) is 6.33 Å². The molecule has 0 aromatic carbocycles. The van der Waals surface area contributed by atoms with E-state index in [9.17, 15) is 9.59 Å². The lowest BCUT2D eigenvalue weighted by atomic mass is 10.2. The van der Waals surface area contributed by atoms with Crippen molar-refractivity contribution in [3.8, 4) is 5.88 Å². The third kappa shape index (κ3) is 4.49. The molecular formula is C18H25N3O4S. The SMILES string of the molecule is CCCN(CCC(=O)OCC)C(=O)c1sc2ncnc(OCC)c2c1C. The van der Waals surface area contributed by atoms with Crippen molar-refractivity contribution in [3.63, 3.8) is 0 Å². The van der Waals surface area contributed by atoms with E-state index >= 15 is 0 Å². The monoisotopic (exact) mass is 379 g/mol. The lowest BCUT2D eigenvalue weighted by molar-refractivity contribution is -0.143. The van der Waals surface area contributed by atoms with Gasteiger partial charge in [-0.05, 0) is 32.8 Å². The highest BCUT2D eigenvalue weighted by Crippen LogP contribution is 2.35. The Morgan fingerprint density at radius 3 is 2.58 bits per heavy atom. The summed E-state index contributed by atoms with van der Waals surface area (Å²) in [6.45, 7) is 9.29. The second-order valence-corrected chi connectivity index (χ2v) is 6.69. The number of rotatable bonds is 9. The highest BCUT2D eigenvalue weighted by atomic mass is 32.1. The first kappa shape index (κ1) is 20.1. The Labute approximate surface area is 157 Å². The number of thiophene rings is 1. The molecule has 142 valence electrons. The number of esters is 1. The van der Waals surface area contributed by atoms with Gasteiger partial charge in [-0.25, -0.2) is 9.97 Å². The third-order valence-electron chi connectivity index (χ3n) is 3.84. The smallest absolute Gasteiger partial charge is 0.307 e. The molecule has 0 atom stereocenters. The van der Waals surface area contributed by atoms with Crippen LogP contribution in [0.2, 0.25) is 0 Å². The number of aryl methyl sites for hydroxylation is 1. The summed E-state index contributed by atoms with van der Waals surface area (Å²) in [5.74, 6) is 0.108. The van der Waals surface area contributed by atoms with Gasteiger partial charge in [-0.15, -0.1) is 11.3 Å². The highest BCUT2D eigenvalue weighted by Gasteiger charge is 2.24. The zero-order chi connectivity index (χ0) is 19.1. The first-order chi connectivity index (χ1) is 12.5. The van der Waals surface area contributed by atoms with E-state index in [-0.39, 0.29) is 18.3 Å². The number of aromatic nitrogens is 2. The van der Waals surface area contributed by atoms with Gasteiger partial charge < -0.3 is 14.4 Å². The Morgan fingerprint density at radius 2 is 1.92 bits per heavy atom. The van der Waals surface area contributed by atoms with Crippen LogP contribution in [0.5, 0.6) is 5.88 Å². The summed E-state index contributed by atoms with van der Waals surface area (Å²) in [4.78, 5) is 36.2. The molecule has 1 amide bonds. The molecule has 0 aliphatic rings. The van der Waals surface area contributed by atoms with E-state index in [1.807, 2.05) is 20.8 Å². The van der Waals surface area contributed by atoms with Gasteiger partial charge in [0.15, 0.2) is 0 Å². The molecule has 2 rings (SSSR count). The minimum Gasteiger partial charge on any atom is -0.477 e. The molecule has 2 aromatic rings. The molecule has 0 bridgehead atoms. The maximum atomic E-state index is 13.1. The van der Waals surface area contributed by atoms with Gasteiger partial charge in [-0.1, -0.05) is 6.92 Å². The average Bonchev–Trinajstić information content (AvgIpc) is 2.96. The summed E-state index contributed by atoms with van der Waals surface area (Å²) >= 11 is 1.33. The van der Waals surface area contributed by atoms with Crippen molar-refractivity contribution >= 4 is 33.4 Å². The topological polar surface area (TPSA) is 81.6 Å². The number of carbonyl (C=O) groups excluding carboxylic acids is 2. The van der Waals surface area contributed by atoms with Crippen molar-refractivity contribution < 1.29 is 19.1 Å². The number of ether oxygens (including phenoxy) is 2. The van der Waals surface area contributed by atoms with E-state index in [2.05, 4.69) is 9.97 Å². The van der Waals surface area contributed by atoms with Gasteiger partial charge in [0.2, 0.25) is 5.88 Å². The van der Waals surface area contributed by atoms with Gasteiger partial charge in [0.1, 0.15) is 11.2 Å². The normalized spacial score (nSPS) is 10.8. The molecule has 2 aromatic heterocycles. The molecule has 0 N–H and O–H groups in total. The van der Waals surface area contributed by atoms with Crippen molar-refractivity contribution in [2.75, 3.05) is 26.3 Å². The molecular weight excluding hydrogens is 354 g/mol. The zero-order valence-electron chi connectivity index (χ0n) is 15.7. The van der Waals surface area contributed by atoms with Crippen molar-refractivity contribution in [2.24, 2.45) is 0 Å². The number of nitrogens with zero attached hydrogens (tertiary/aromatic N) is 3. The summed E-state index contributed by atoms with van der Waals surface area (Å²) in [7, 11) is 0. The molecule has 0 unspecified atom stereocenters. The van der Waals surface area contributed by atoms with E-state index in [4.69, 9.17) is 9.47 Å². The number of fused-ring (bicyclic) bond motifs is 1. The van der Waals surface area contributed by atoms with Crippen LogP contribution in [-0.2, 0) is 9.53 Å². The third-order valence-corrected chi connectivity index (χ3v) is 5.03. The van der Waals surface area contributed by atoms with Crippen molar-refractivity contribution in [1.29, 1.82) is 0 Å². The summed E-state index contributed by atoms with van der Waals surface area (Å²) < 4.78 is 10.5. The molecule has 0 fully saturated rings. The van der Waals surface area contributed by atoms with Gasteiger partial charge in [0.05, 0.1) is 29.9 Å². The van der Waals surface area contributed by atoms with Gasteiger partial charge in [0, 0.05) is 13.1 Å². The molecule has 0 aliphatic heterocycles. The molecule has 0 spiro atoms. The van der Waals surface area contributed by atoms with Crippen LogP contribution in [0.25, 0.3) is 10.2 Å². The summed E-state index contributed by atoms with van der Waals surface area (Å²) in [6.07, 6.45) is 2.44.